The van der Waals surface area contributed by atoms with Gasteiger partial charge in [0.15, 0.2) is 0 Å². The molecule has 1 heterocycles. The molecule has 1 rings (SSSR count). The SMILES string of the molecule is COC(=O)c1ccnc(C)c1CCN(CCN(C)C)C(=O)CN. The van der Waals surface area contributed by atoms with E-state index in [4.69, 9.17) is 10.5 Å². The third-order valence-corrected chi connectivity index (χ3v) is 3.65. The predicted molar refractivity (Wildman–Crippen MR) is 88.2 cm³/mol. The Morgan fingerprint density at radius 3 is 2.52 bits per heavy atom. The zero-order chi connectivity index (χ0) is 17.4. The van der Waals surface area contributed by atoms with E-state index in [1.807, 2.05) is 25.9 Å². The minimum Gasteiger partial charge on any atom is -0.465 e. The highest BCUT2D eigenvalue weighted by molar-refractivity contribution is 5.91. The number of ether oxygens (including phenoxy) is 1. The number of hydrogen-bond acceptors (Lipinski definition) is 6. The van der Waals surface area contributed by atoms with Gasteiger partial charge in [-0.1, -0.05) is 0 Å². The van der Waals surface area contributed by atoms with Crippen molar-refractivity contribution < 1.29 is 14.3 Å². The molecule has 0 radical (unpaired) electrons. The van der Waals surface area contributed by atoms with Crippen molar-refractivity contribution in [3.05, 3.63) is 29.1 Å². The highest BCUT2D eigenvalue weighted by Crippen LogP contribution is 2.14. The largest absolute Gasteiger partial charge is 0.465 e. The van der Waals surface area contributed by atoms with E-state index < -0.39 is 5.97 Å². The Balaban J connectivity index is 2.88. The maximum atomic E-state index is 12.0. The first-order chi connectivity index (χ1) is 10.9. The zero-order valence-electron chi connectivity index (χ0n) is 14.3. The summed E-state index contributed by atoms with van der Waals surface area (Å²) in [6.07, 6.45) is 2.11. The van der Waals surface area contributed by atoms with Crippen LogP contribution in [-0.2, 0) is 16.0 Å². The molecule has 2 N–H and O–H groups in total. The molecule has 0 aliphatic carbocycles. The van der Waals surface area contributed by atoms with E-state index in [2.05, 4.69) is 4.98 Å². The van der Waals surface area contributed by atoms with Crippen molar-refractivity contribution in [2.75, 3.05) is 47.4 Å². The summed E-state index contributed by atoms with van der Waals surface area (Å²) in [7, 11) is 5.25. The second-order valence-electron chi connectivity index (χ2n) is 5.55. The summed E-state index contributed by atoms with van der Waals surface area (Å²) in [5, 5.41) is 0. The summed E-state index contributed by atoms with van der Waals surface area (Å²) in [6, 6.07) is 1.64. The maximum absolute atomic E-state index is 12.0. The molecular weight excluding hydrogens is 296 g/mol. The molecule has 0 aliphatic rings. The molecule has 23 heavy (non-hydrogen) atoms. The number of hydrogen-bond donors (Lipinski definition) is 1. The minimum absolute atomic E-state index is 0.0245. The fraction of sp³-hybridized carbons (Fsp3) is 0.562. The van der Waals surface area contributed by atoms with Gasteiger partial charge < -0.3 is 20.3 Å². The monoisotopic (exact) mass is 322 g/mol. The van der Waals surface area contributed by atoms with Crippen LogP contribution in [0.3, 0.4) is 0 Å². The van der Waals surface area contributed by atoms with E-state index in [1.165, 1.54) is 7.11 Å². The first kappa shape index (κ1) is 19.1. The summed E-state index contributed by atoms with van der Waals surface area (Å²) in [5.74, 6) is -0.497. The molecule has 0 bridgehead atoms. The number of carbonyl (C=O) groups excluding carboxylic acids is 2. The van der Waals surface area contributed by atoms with Crippen molar-refractivity contribution >= 4 is 11.9 Å². The lowest BCUT2D eigenvalue weighted by molar-refractivity contribution is -0.129. The van der Waals surface area contributed by atoms with Crippen LogP contribution in [0.15, 0.2) is 12.3 Å². The van der Waals surface area contributed by atoms with Crippen molar-refractivity contribution in [3.63, 3.8) is 0 Å². The molecule has 0 spiro atoms. The number of aryl methyl sites for hydroxylation is 1. The van der Waals surface area contributed by atoms with E-state index in [0.717, 1.165) is 17.8 Å². The number of methoxy groups -OCH3 is 1. The predicted octanol–water partition coefficient (Wildman–Crippen LogP) is 0.0680. The van der Waals surface area contributed by atoms with Crippen LogP contribution in [0.4, 0.5) is 0 Å². The molecule has 1 amide bonds. The third-order valence-electron chi connectivity index (χ3n) is 3.65. The lowest BCUT2D eigenvalue weighted by atomic mass is 10.0. The second-order valence-corrected chi connectivity index (χ2v) is 5.55. The third kappa shape index (κ3) is 5.61. The van der Waals surface area contributed by atoms with Crippen LogP contribution in [0.5, 0.6) is 0 Å². The highest BCUT2D eigenvalue weighted by atomic mass is 16.5. The summed E-state index contributed by atoms with van der Waals surface area (Å²) in [5.41, 5.74) is 7.55. The average Bonchev–Trinajstić information content (AvgIpc) is 2.54. The molecule has 7 nitrogen and oxygen atoms in total. The molecule has 0 fully saturated rings. The van der Waals surface area contributed by atoms with Crippen LogP contribution in [0, 0.1) is 6.92 Å². The first-order valence-corrected chi connectivity index (χ1v) is 7.56. The number of nitrogens with zero attached hydrogens (tertiary/aromatic N) is 3. The number of rotatable bonds is 8. The molecule has 1 aromatic rings. The Bertz CT molecular complexity index is 546. The Labute approximate surface area is 137 Å². The van der Waals surface area contributed by atoms with E-state index in [-0.39, 0.29) is 12.5 Å². The van der Waals surface area contributed by atoms with Crippen LogP contribution in [0.1, 0.15) is 21.6 Å². The Morgan fingerprint density at radius 2 is 1.96 bits per heavy atom. The zero-order valence-corrected chi connectivity index (χ0v) is 14.3. The van der Waals surface area contributed by atoms with E-state index in [9.17, 15) is 9.59 Å². The summed E-state index contributed by atoms with van der Waals surface area (Å²) < 4.78 is 4.81. The standard InChI is InChI=1S/C16H26N4O3/c1-12-13(14(5-7-18-12)16(22)23-4)6-8-20(15(21)11-17)10-9-19(2)3/h5,7H,6,8-11,17H2,1-4H3. The van der Waals surface area contributed by atoms with E-state index >= 15 is 0 Å². The molecule has 1 aromatic heterocycles. The van der Waals surface area contributed by atoms with Crippen LogP contribution in [0.25, 0.3) is 0 Å². The lowest BCUT2D eigenvalue weighted by Crippen LogP contribution is -2.41. The average molecular weight is 322 g/mol. The van der Waals surface area contributed by atoms with Gasteiger partial charge >= 0.3 is 5.97 Å². The molecule has 0 saturated heterocycles. The summed E-state index contributed by atoms with van der Waals surface area (Å²) in [6.45, 7) is 3.65. The highest BCUT2D eigenvalue weighted by Gasteiger charge is 2.17. The molecule has 0 saturated carbocycles. The number of likely N-dealkylation sites (N-methyl/N-ethyl adjacent to an activating group) is 1. The second kappa shape index (κ2) is 9.22. The van der Waals surface area contributed by atoms with Crippen LogP contribution >= 0.6 is 0 Å². The number of aromatic nitrogens is 1. The smallest absolute Gasteiger partial charge is 0.338 e. The quantitative estimate of drug-likeness (QED) is 0.681. The minimum atomic E-state index is -0.393. The molecule has 128 valence electrons. The van der Waals surface area contributed by atoms with Crippen LogP contribution in [-0.4, -0.2) is 74.0 Å². The molecule has 0 aromatic carbocycles. The normalized spacial score (nSPS) is 10.7. The lowest BCUT2D eigenvalue weighted by Gasteiger charge is -2.24. The number of esters is 1. The first-order valence-electron chi connectivity index (χ1n) is 7.56. The van der Waals surface area contributed by atoms with Gasteiger partial charge in [-0.2, -0.15) is 0 Å². The molecule has 0 aliphatic heterocycles. The van der Waals surface area contributed by atoms with Crippen molar-refractivity contribution in [2.24, 2.45) is 5.73 Å². The number of amides is 1. The van der Waals surface area contributed by atoms with E-state index in [1.54, 1.807) is 17.2 Å². The van der Waals surface area contributed by atoms with Gasteiger partial charge in [0, 0.05) is 31.5 Å². The van der Waals surface area contributed by atoms with Crippen LogP contribution < -0.4 is 5.73 Å². The number of pyridine rings is 1. The van der Waals surface area contributed by atoms with Gasteiger partial charge in [0.25, 0.3) is 0 Å². The Kier molecular flexibility index (Phi) is 7.64. The van der Waals surface area contributed by atoms with Gasteiger partial charge in [-0.05, 0) is 39.1 Å². The van der Waals surface area contributed by atoms with Gasteiger partial charge in [-0.25, -0.2) is 4.79 Å². The topological polar surface area (TPSA) is 88.8 Å². The van der Waals surface area contributed by atoms with Crippen molar-refractivity contribution in [2.45, 2.75) is 13.3 Å². The fourth-order valence-electron chi connectivity index (χ4n) is 2.27. The number of nitrogens with two attached hydrogens (primary N) is 1. The van der Waals surface area contributed by atoms with Gasteiger partial charge in [0.2, 0.25) is 5.91 Å². The van der Waals surface area contributed by atoms with Gasteiger partial charge in [-0.15, -0.1) is 0 Å². The van der Waals surface area contributed by atoms with Gasteiger partial charge in [-0.3, -0.25) is 9.78 Å². The van der Waals surface area contributed by atoms with Gasteiger partial charge in [0.05, 0.1) is 19.2 Å². The molecule has 0 atom stereocenters. The molecular formula is C16H26N4O3. The molecule has 7 heteroatoms. The summed E-state index contributed by atoms with van der Waals surface area (Å²) in [4.78, 5) is 31.8. The van der Waals surface area contributed by atoms with E-state index in [0.29, 0.717) is 25.1 Å². The van der Waals surface area contributed by atoms with Gasteiger partial charge in [0.1, 0.15) is 0 Å². The van der Waals surface area contributed by atoms with Crippen molar-refractivity contribution in [1.82, 2.24) is 14.8 Å². The van der Waals surface area contributed by atoms with Crippen molar-refractivity contribution in [3.8, 4) is 0 Å². The molecule has 0 unspecified atom stereocenters. The van der Waals surface area contributed by atoms with Crippen molar-refractivity contribution in [1.29, 1.82) is 0 Å². The Hall–Kier alpha value is -1.99. The summed E-state index contributed by atoms with van der Waals surface area (Å²) >= 11 is 0. The fourth-order valence-corrected chi connectivity index (χ4v) is 2.27. The number of carbonyl (C=O) groups is 2. The Morgan fingerprint density at radius 1 is 1.26 bits per heavy atom. The van der Waals surface area contributed by atoms with Crippen LogP contribution in [0.2, 0.25) is 0 Å². The maximum Gasteiger partial charge on any atom is 0.338 e.